The predicted octanol–water partition coefficient (Wildman–Crippen LogP) is 5.95. The number of anilines is 2. The summed E-state index contributed by atoms with van der Waals surface area (Å²) >= 11 is 0. The average Bonchev–Trinajstić information content (AvgIpc) is 3.30. The number of rotatable bonds is 6. The Morgan fingerprint density at radius 1 is 1.03 bits per heavy atom. The van der Waals surface area contributed by atoms with E-state index in [1.807, 2.05) is 48.9 Å². The van der Waals surface area contributed by atoms with Gasteiger partial charge in [-0.2, -0.15) is 0 Å². The van der Waals surface area contributed by atoms with Gasteiger partial charge in [0.25, 0.3) is 5.91 Å². The normalized spacial score (nSPS) is 19.1. The first kappa shape index (κ1) is 23.9. The summed E-state index contributed by atoms with van der Waals surface area (Å²) in [7, 11) is 0. The molecule has 0 bridgehead atoms. The van der Waals surface area contributed by atoms with Gasteiger partial charge in [-0.05, 0) is 86.3 Å². The molecule has 2 aromatic carbocycles. The molecule has 1 fully saturated rings. The van der Waals surface area contributed by atoms with Gasteiger partial charge in [0.2, 0.25) is 0 Å². The van der Waals surface area contributed by atoms with Crippen LogP contribution in [0.1, 0.15) is 71.0 Å². The molecule has 2 heterocycles. The summed E-state index contributed by atoms with van der Waals surface area (Å²) in [5.41, 5.74) is 5.68. The number of hydrogen-bond donors (Lipinski definition) is 2. The number of fused-ring (bicyclic) bond motifs is 1. The Kier molecular flexibility index (Phi) is 6.63. The number of imidazole rings is 1. The van der Waals surface area contributed by atoms with Crippen LogP contribution in [0.4, 0.5) is 11.4 Å². The zero-order valence-corrected chi connectivity index (χ0v) is 20.8. The Morgan fingerprint density at radius 3 is 2.39 bits per heavy atom. The second-order valence-corrected chi connectivity index (χ2v) is 10.0. The molecule has 36 heavy (non-hydrogen) atoms. The maximum absolute atomic E-state index is 12.9. The van der Waals surface area contributed by atoms with Gasteiger partial charge in [0, 0.05) is 30.2 Å². The Bertz CT molecular complexity index is 1280. The summed E-state index contributed by atoms with van der Waals surface area (Å²) in [6.45, 7) is 4.55. The minimum atomic E-state index is -0.687. The number of para-hydroxylation sites is 1. The van der Waals surface area contributed by atoms with Crippen molar-refractivity contribution in [2.24, 2.45) is 5.92 Å². The third-order valence-electron chi connectivity index (χ3n) is 7.47. The molecular weight excluding hydrogens is 452 g/mol. The second-order valence-electron chi connectivity index (χ2n) is 10.0. The number of carbonyl (C=O) groups excluding carboxylic acids is 1. The highest BCUT2D eigenvalue weighted by molar-refractivity contribution is 6.03. The van der Waals surface area contributed by atoms with Crippen LogP contribution in [0.3, 0.4) is 0 Å². The van der Waals surface area contributed by atoms with E-state index < -0.39 is 5.97 Å². The number of nitrogens with one attached hydrogen (secondary N) is 1. The molecule has 0 atom stereocenters. The lowest BCUT2D eigenvalue weighted by Gasteiger charge is -2.29. The Labute approximate surface area is 211 Å². The lowest BCUT2D eigenvalue weighted by atomic mass is 9.77. The van der Waals surface area contributed by atoms with Gasteiger partial charge >= 0.3 is 5.97 Å². The van der Waals surface area contributed by atoms with Crippen molar-refractivity contribution in [1.29, 1.82) is 0 Å². The summed E-state index contributed by atoms with van der Waals surface area (Å²) in [6, 6.07) is 14.6. The fourth-order valence-corrected chi connectivity index (χ4v) is 5.40. The number of hydrogen-bond acceptors (Lipinski definition) is 4. The van der Waals surface area contributed by atoms with Gasteiger partial charge in [0.1, 0.15) is 18.2 Å². The maximum Gasteiger partial charge on any atom is 0.303 e. The Morgan fingerprint density at radius 2 is 1.72 bits per heavy atom. The van der Waals surface area contributed by atoms with Gasteiger partial charge in [-0.3, -0.25) is 9.59 Å². The standard InChI is InChI=1S/C29H32N4O3/c1-19-4-3-5-20(2)28(19)31-29(36)25-17-33-18-32(15-14-26(33)30-25)24-12-10-23(11-13-24)22-8-6-21(7-9-22)16-27(34)35/h3-5,10-15,17,21-22H,6-9,16,18H2,1-2H3,(H,31,36)(H,34,35). The van der Waals surface area contributed by atoms with Crippen molar-refractivity contribution in [1.82, 2.24) is 9.55 Å². The van der Waals surface area contributed by atoms with Crippen LogP contribution in [0.15, 0.2) is 54.9 Å². The van der Waals surface area contributed by atoms with Crippen molar-refractivity contribution < 1.29 is 14.7 Å². The SMILES string of the molecule is Cc1cccc(C)c1NC(=O)c1cn2c(n1)C=CN(c1ccc(C3CCC(CC(=O)O)CC3)cc1)C2. The zero-order chi connectivity index (χ0) is 25.2. The number of aliphatic carboxylic acids is 1. The van der Waals surface area contributed by atoms with Crippen molar-refractivity contribution in [3.05, 3.63) is 83.1 Å². The van der Waals surface area contributed by atoms with Crippen molar-refractivity contribution >= 4 is 29.3 Å². The molecule has 2 N–H and O–H groups in total. The monoisotopic (exact) mass is 484 g/mol. The van der Waals surface area contributed by atoms with Crippen molar-refractivity contribution in [3.8, 4) is 0 Å². The van der Waals surface area contributed by atoms with Gasteiger partial charge in [-0.25, -0.2) is 4.98 Å². The van der Waals surface area contributed by atoms with E-state index in [1.165, 1.54) is 5.56 Å². The van der Waals surface area contributed by atoms with Crippen LogP contribution in [0, 0.1) is 19.8 Å². The van der Waals surface area contributed by atoms with Crippen LogP contribution in [0.25, 0.3) is 6.08 Å². The lowest BCUT2D eigenvalue weighted by Crippen LogP contribution is -2.23. The smallest absolute Gasteiger partial charge is 0.303 e. The van der Waals surface area contributed by atoms with E-state index in [1.54, 1.807) is 6.20 Å². The maximum atomic E-state index is 12.9. The average molecular weight is 485 g/mol. The number of carboxylic acids is 1. The quantitative estimate of drug-likeness (QED) is 0.451. The van der Waals surface area contributed by atoms with Gasteiger partial charge in [-0.1, -0.05) is 30.3 Å². The number of carboxylic acid groups (broad SMARTS) is 1. The summed E-state index contributed by atoms with van der Waals surface area (Å²) < 4.78 is 1.98. The van der Waals surface area contributed by atoms with E-state index in [0.717, 1.165) is 54.0 Å². The molecule has 1 aliphatic heterocycles. The van der Waals surface area contributed by atoms with Crippen LogP contribution in [-0.4, -0.2) is 26.5 Å². The molecule has 7 heteroatoms. The summed E-state index contributed by atoms with van der Waals surface area (Å²) in [4.78, 5) is 30.5. The number of carbonyl (C=O) groups is 2. The van der Waals surface area contributed by atoms with E-state index in [4.69, 9.17) is 5.11 Å². The van der Waals surface area contributed by atoms with Crippen LogP contribution in [0.5, 0.6) is 0 Å². The molecule has 3 aromatic rings. The molecule has 5 rings (SSSR count). The molecule has 186 valence electrons. The third kappa shape index (κ3) is 5.05. The molecule has 0 unspecified atom stereocenters. The summed E-state index contributed by atoms with van der Waals surface area (Å²) in [5.74, 6) is 0.671. The van der Waals surface area contributed by atoms with Gasteiger partial charge < -0.3 is 19.9 Å². The van der Waals surface area contributed by atoms with E-state index in [9.17, 15) is 9.59 Å². The number of amides is 1. The van der Waals surface area contributed by atoms with Crippen molar-refractivity contribution in [2.45, 2.75) is 58.5 Å². The highest BCUT2D eigenvalue weighted by atomic mass is 16.4. The first-order valence-electron chi connectivity index (χ1n) is 12.6. The number of benzene rings is 2. The highest BCUT2D eigenvalue weighted by Crippen LogP contribution is 2.37. The van der Waals surface area contributed by atoms with Crippen LogP contribution >= 0.6 is 0 Å². The first-order chi connectivity index (χ1) is 17.4. The minimum absolute atomic E-state index is 0.211. The van der Waals surface area contributed by atoms with Gasteiger partial charge in [0.05, 0.1) is 0 Å². The topological polar surface area (TPSA) is 87.5 Å². The Balaban J connectivity index is 1.22. The number of aromatic nitrogens is 2. The van der Waals surface area contributed by atoms with Crippen LogP contribution in [-0.2, 0) is 11.5 Å². The summed E-state index contributed by atoms with van der Waals surface area (Å²) in [6.07, 6.45) is 10.1. The fraction of sp³-hybridized carbons (Fsp3) is 0.345. The predicted molar refractivity (Wildman–Crippen MR) is 141 cm³/mol. The largest absolute Gasteiger partial charge is 0.481 e. The summed E-state index contributed by atoms with van der Waals surface area (Å²) in [5, 5.41) is 12.1. The van der Waals surface area contributed by atoms with Crippen molar-refractivity contribution in [2.75, 3.05) is 10.2 Å². The molecule has 0 saturated heterocycles. The van der Waals surface area contributed by atoms with Crippen molar-refractivity contribution in [3.63, 3.8) is 0 Å². The van der Waals surface area contributed by atoms with E-state index in [2.05, 4.69) is 39.5 Å². The van der Waals surface area contributed by atoms with Gasteiger partial charge in [-0.15, -0.1) is 0 Å². The molecule has 1 aromatic heterocycles. The Hall–Kier alpha value is -3.87. The second kappa shape index (κ2) is 10.0. The zero-order valence-electron chi connectivity index (χ0n) is 20.8. The molecule has 2 aliphatic rings. The molecule has 1 saturated carbocycles. The van der Waals surface area contributed by atoms with E-state index in [-0.39, 0.29) is 12.3 Å². The van der Waals surface area contributed by atoms with Crippen LogP contribution < -0.4 is 10.2 Å². The minimum Gasteiger partial charge on any atom is -0.481 e. The van der Waals surface area contributed by atoms with Gasteiger partial charge in [0.15, 0.2) is 0 Å². The molecule has 0 radical (unpaired) electrons. The first-order valence-corrected chi connectivity index (χ1v) is 12.6. The molecular formula is C29H32N4O3. The third-order valence-corrected chi connectivity index (χ3v) is 7.47. The highest BCUT2D eigenvalue weighted by Gasteiger charge is 2.24. The van der Waals surface area contributed by atoms with Crippen LogP contribution in [0.2, 0.25) is 0 Å². The molecule has 1 aliphatic carbocycles. The van der Waals surface area contributed by atoms with E-state index >= 15 is 0 Å². The lowest BCUT2D eigenvalue weighted by molar-refractivity contribution is -0.138. The number of aryl methyl sites for hydroxylation is 2. The molecule has 0 spiro atoms. The number of nitrogens with zero attached hydrogens (tertiary/aromatic N) is 3. The van der Waals surface area contributed by atoms with E-state index in [0.29, 0.717) is 24.2 Å². The fourth-order valence-electron chi connectivity index (χ4n) is 5.40. The molecule has 7 nitrogen and oxygen atoms in total. The molecule has 1 amide bonds.